The average molecular weight is 556 g/mol. The first kappa shape index (κ1) is 25.4. The highest BCUT2D eigenvalue weighted by atomic mass is 79.9. The third-order valence-corrected chi connectivity index (χ3v) is 7.97. The van der Waals surface area contributed by atoms with Crippen molar-refractivity contribution in [3.8, 4) is 5.88 Å². The molecule has 0 spiro atoms. The zero-order valence-electron chi connectivity index (χ0n) is 21.4. The molecule has 0 saturated carbocycles. The van der Waals surface area contributed by atoms with Crippen LogP contribution >= 0.6 is 15.9 Å². The Balaban J connectivity index is 1.87. The summed E-state index contributed by atoms with van der Waals surface area (Å²) >= 11 is 3.92. The van der Waals surface area contributed by atoms with E-state index in [2.05, 4.69) is 57.2 Å². The smallest absolute Gasteiger partial charge is 0.218 e. The van der Waals surface area contributed by atoms with E-state index in [1.807, 2.05) is 74.8 Å². The quantitative estimate of drug-likeness (QED) is 0.221. The average Bonchev–Trinajstić information content (AvgIpc) is 2.93. The van der Waals surface area contributed by atoms with Crippen LogP contribution in [0.4, 0.5) is 0 Å². The van der Waals surface area contributed by atoms with Gasteiger partial charge < -0.3 is 14.7 Å². The van der Waals surface area contributed by atoms with Gasteiger partial charge in [-0.05, 0) is 64.4 Å². The first-order valence-corrected chi connectivity index (χ1v) is 13.3. The van der Waals surface area contributed by atoms with Gasteiger partial charge in [-0.2, -0.15) is 0 Å². The summed E-state index contributed by atoms with van der Waals surface area (Å²) in [4.78, 5) is 7.01. The fraction of sp³-hybridized carbons (Fsp3) is 0.219. The molecule has 0 radical (unpaired) electrons. The molecule has 2 unspecified atom stereocenters. The molecular weight excluding hydrogens is 524 g/mol. The number of hydrogen-bond acceptors (Lipinski definition) is 4. The number of rotatable bonds is 8. The first-order chi connectivity index (χ1) is 17.9. The number of fused-ring (bicyclic) bond motifs is 2. The maximum absolute atomic E-state index is 13.1. The Labute approximate surface area is 226 Å². The van der Waals surface area contributed by atoms with Gasteiger partial charge in [0.25, 0.3) is 0 Å². The van der Waals surface area contributed by atoms with Crippen LogP contribution in [-0.2, 0) is 5.60 Å². The van der Waals surface area contributed by atoms with Crippen LogP contribution in [-0.4, -0.2) is 42.7 Å². The molecule has 0 saturated heterocycles. The van der Waals surface area contributed by atoms with Crippen molar-refractivity contribution in [3.05, 3.63) is 118 Å². The third kappa shape index (κ3) is 4.75. The van der Waals surface area contributed by atoms with E-state index < -0.39 is 11.5 Å². The Kier molecular flexibility index (Phi) is 7.29. The van der Waals surface area contributed by atoms with Gasteiger partial charge >= 0.3 is 0 Å². The largest absolute Gasteiger partial charge is 0.481 e. The number of nitrogens with zero attached hydrogens (tertiary/aromatic N) is 2. The fourth-order valence-corrected chi connectivity index (χ4v) is 6.06. The lowest BCUT2D eigenvalue weighted by Crippen LogP contribution is -2.38. The second-order valence-corrected chi connectivity index (χ2v) is 10.5. The third-order valence-electron chi connectivity index (χ3n) is 7.12. The highest BCUT2D eigenvalue weighted by molar-refractivity contribution is 9.10. The summed E-state index contributed by atoms with van der Waals surface area (Å²) in [6.45, 7) is 0.698. The SMILES string of the molecule is COc1nc2ccccc2c(Br)c1C(c1ccccc1)C(O)(CCN(C)C)c1cccc2ccccc12. The monoisotopic (exact) mass is 554 g/mol. The Morgan fingerprint density at radius 2 is 1.51 bits per heavy atom. The Bertz CT molecular complexity index is 1530. The molecule has 188 valence electrons. The first-order valence-electron chi connectivity index (χ1n) is 12.5. The second-order valence-electron chi connectivity index (χ2n) is 9.71. The number of hydrogen-bond donors (Lipinski definition) is 1. The summed E-state index contributed by atoms with van der Waals surface area (Å²) in [6.07, 6.45) is 0.510. The van der Waals surface area contributed by atoms with Crippen molar-refractivity contribution >= 4 is 37.6 Å². The maximum atomic E-state index is 13.1. The van der Waals surface area contributed by atoms with Gasteiger partial charge in [0, 0.05) is 27.9 Å². The van der Waals surface area contributed by atoms with E-state index in [1.165, 1.54) is 0 Å². The van der Waals surface area contributed by atoms with Crippen LogP contribution in [0.25, 0.3) is 21.7 Å². The lowest BCUT2D eigenvalue weighted by Gasteiger charge is -2.40. The number of aliphatic hydroxyl groups is 1. The van der Waals surface area contributed by atoms with Gasteiger partial charge in [-0.3, -0.25) is 0 Å². The van der Waals surface area contributed by atoms with E-state index in [0.29, 0.717) is 18.8 Å². The fourth-order valence-electron chi connectivity index (χ4n) is 5.33. The molecule has 0 aliphatic rings. The van der Waals surface area contributed by atoms with Gasteiger partial charge in [0.2, 0.25) is 5.88 Å². The highest BCUT2D eigenvalue weighted by Crippen LogP contribution is 2.51. The van der Waals surface area contributed by atoms with Gasteiger partial charge in [0.05, 0.1) is 12.6 Å². The summed E-state index contributed by atoms with van der Waals surface area (Å²) in [5.41, 5.74) is 2.29. The van der Waals surface area contributed by atoms with Crippen LogP contribution in [0.1, 0.15) is 29.0 Å². The lowest BCUT2D eigenvalue weighted by molar-refractivity contribution is 0.00501. The number of methoxy groups -OCH3 is 1. The van der Waals surface area contributed by atoms with Crippen molar-refractivity contribution in [2.75, 3.05) is 27.7 Å². The van der Waals surface area contributed by atoms with Crippen molar-refractivity contribution < 1.29 is 9.84 Å². The predicted molar refractivity (Wildman–Crippen MR) is 155 cm³/mol. The van der Waals surface area contributed by atoms with E-state index in [4.69, 9.17) is 9.72 Å². The van der Waals surface area contributed by atoms with Gasteiger partial charge in [0.15, 0.2) is 0 Å². The molecule has 0 aliphatic heterocycles. The van der Waals surface area contributed by atoms with Gasteiger partial charge in [0.1, 0.15) is 5.60 Å². The van der Waals surface area contributed by atoms with E-state index >= 15 is 0 Å². The van der Waals surface area contributed by atoms with Crippen LogP contribution in [0.2, 0.25) is 0 Å². The summed E-state index contributed by atoms with van der Waals surface area (Å²) in [6, 6.07) is 32.7. The molecule has 37 heavy (non-hydrogen) atoms. The van der Waals surface area contributed by atoms with E-state index in [1.54, 1.807) is 7.11 Å². The Morgan fingerprint density at radius 3 is 2.24 bits per heavy atom. The molecular formula is C32H31BrN2O2. The van der Waals surface area contributed by atoms with Crippen LogP contribution in [0.5, 0.6) is 5.88 Å². The Morgan fingerprint density at radius 1 is 0.865 bits per heavy atom. The molecule has 0 fully saturated rings. The summed E-state index contributed by atoms with van der Waals surface area (Å²) in [7, 11) is 5.72. The number of halogens is 1. The minimum absolute atomic E-state index is 0.458. The maximum Gasteiger partial charge on any atom is 0.218 e. The molecule has 2 atom stereocenters. The number of benzene rings is 4. The normalized spacial score (nSPS) is 14.1. The van der Waals surface area contributed by atoms with Gasteiger partial charge in [-0.25, -0.2) is 4.98 Å². The Hall–Kier alpha value is -3.25. The number of pyridine rings is 1. The molecule has 1 N–H and O–H groups in total. The summed E-state index contributed by atoms with van der Waals surface area (Å²) < 4.78 is 6.80. The molecule has 5 rings (SSSR count). The predicted octanol–water partition coefficient (Wildman–Crippen LogP) is 7.13. The minimum Gasteiger partial charge on any atom is -0.481 e. The van der Waals surface area contributed by atoms with Crippen molar-refractivity contribution in [2.24, 2.45) is 0 Å². The molecule has 4 aromatic carbocycles. The van der Waals surface area contributed by atoms with Crippen LogP contribution in [0.15, 0.2) is 102 Å². The van der Waals surface area contributed by atoms with Gasteiger partial charge in [-0.15, -0.1) is 0 Å². The van der Waals surface area contributed by atoms with Gasteiger partial charge in [-0.1, -0.05) is 91.0 Å². The van der Waals surface area contributed by atoms with Crippen LogP contribution < -0.4 is 4.74 Å². The second kappa shape index (κ2) is 10.6. The molecule has 0 bridgehead atoms. The number of ether oxygens (including phenoxy) is 1. The lowest BCUT2D eigenvalue weighted by atomic mass is 9.70. The summed E-state index contributed by atoms with van der Waals surface area (Å²) in [5, 5.41) is 16.2. The van der Waals surface area contributed by atoms with Crippen LogP contribution in [0.3, 0.4) is 0 Å². The molecule has 1 aromatic heterocycles. The van der Waals surface area contributed by atoms with E-state index in [0.717, 1.165) is 42.8 Å². The molecule has 5 aromatic rings. The topological polar surface area (TPSA) is 45.6 Å². The van der Waals surface area contributed by atoms with E-state index in [9.17, 15) is 5.11 Å². The van der Waals surface area contributed by atoms with E-state index in [-0.39, 0.29) is 0 Å². The highest BCUT2D eigenvalue weighted by Gasteiger charge is 2.44. The van der Waals surface area contributed by atoms with Crippen molar-refractivity contribution in [1.82, 2.24) is 9.88 Å². The molecule has 1 heterocycles. The van der Waals surface area contributed by atoms with Crippen molar-refractivity contribution in [2.45, 2.75) is 17.9 Å². The standard InChI is InChI=1S/C32H31BrN2O2/c1-35(2)21-20-32(36,26-18-11-15-22-12-7-8-16-24(22)26)29(23-13-5-4-6-14-23)28-30(33)25-17-9-10-19-27(25)34-31(28)37-3/h4-19,29,36H,20-21H2,1-3H3. The molecule has 4 nitrogen and oxygen atoms in total. The zero-order chi connectivity index (χ0) is 26.0. The summed E-state index contributed by atoms with van der Waals surface area (Å²) in [5.74, 6) is 0.0452. The molecule has 5 heteroatoms. The number of para-hydroxylation sites is 1. The van der Waals surface area contributed by atoms with Crippen molar-refractivity contribution in [3.63, 3.8) is 0 Å². The minimum atomic E-state index is -1.27. The molecule has 0 amide bonds. The van der Waals surface area contributed by atoms with Crippen LogP contribution in [0, 0.1) is 0 Å². The zero-order valence-corrected chi connectivity index (χ0v) is 22.9. The molecule has 0 aliphatic carbocycles. The van der Waals surface area contributed by atoms with Crippen molar-refractivity contribution in [1.29, 1.82) is 0 Å². The number of aromatic nitrogens is 1.